The molecule has 0 radical (unpaired) electrons. The number of aliphatic hydroxyl groups is 1. The number of hydrogen-bond donors (Lipinski definition) is 2. The van der Waals surface area contributed by atoms with Crippen molar-refractivity contribution in [2.45, 2.75) is 19.4 Å². The van der Waals surface area contributed by atoms with Gasteiger partial charge in [-0.15, -0.1) is 0 Å². The lowest BCUT2D eigenvalue weighted by atomic mass is 10.1. The van der Waals surface area contributed by atoms with Gasteiger partial charge < -0.3 is 15.3 Å². The molecule has 3 heteroatoms. The quantitative estimate of drug-likeness (QED) is 0.679. The maximum atomic E-state index is 9.73. The molecule has 0 aliphatic rings. The Morgan fingerprint density at radius 1 is 1.29 bits per heavy atom. The minimum Gasteiger partial charge on any atom is -0.458 e. The molecule has 1 aromatic heterocycles. The van der Waals surface area contributed by atoms with Gasteiger partial charge in [0.05, 0.1) is 0 Å². The third-order valence-corrected chi connectivity index (χ3v) is 2.14. The maximum absolute atomic E-state index is 9.73. The summed E-state index contributed by atoms with van der Waals surface area (Å²) >= 11 is 0. The van der Waals surface area contributed by atoms with E-state index in [9.17, 15) is 5.11 Å². The smallest absolute Gasteiger partial charge is 0.136 e. The molecule has 0 saturated carbocycles. The summed E-state index contributed by atoms with van der Waals surface area (Å²) in [6, 6.07) is 7.22. The molecule has 1 heterocycles. The van der Waals surface area contributed by atoms with Gasteiger partial charge in [-0.05, 0) is 38.1 Å². The molecular formula is C11H13NO2. The van der Waals surface area contributed by atoms with Crippen LogP contribution in [0.5, 0.6) is 0 Å². The molecule has 0 atom stereocenters. The second-order valence-corrected chi connectivity index (χ2v) is 3.97. The zero-order valence-electron chi connectivity index (χ0n) is 8.24. The van der Waals surface area contributed by atoms with E-state index in [0.29, 0.717) is 11.4 Å². The summed E-state index contributed by atoms with van der Waals surface area (Å²) < 4.78 is 5.48. The Morgan fingerprint density at radius 3 is 2.64 bits per heavy atom. The van der Waals surface area contributed by atoms with Crippen molar-refractivity contribution in [2.75, 3.05) is 5.73 Å². The largest absolute Gasteiger partial charge is 0.458 e. The summed E-state index contributed by atoms with van der Waals surface area (Å²) in [5.41, 5.74) is 6.13. The van der Waals surface area contributed by atoms with E-state index in [2.05, 4.69) is 0 Å². The highest BCUT2D eigenvalue weighted by Gasteiger charge is 2.20. The van der Waals surface area contributed by atoms with Gasteiger partial charge >= 0.3 is 0 Å². The normalized spacial score (nSPS) is 12.2. The summed E-state index contributed by atoms with van der Waals surface area (Å²) in [4.78, 5) is 0. The fourth-order valence-corrected chi connectivity index (χ4v) is 1.36. The number of rotatable bonds is 1. The number of furan rings is 1. The van der Waals surface area contributed by atoms with Crippen molar-refractivity contribution in [1.82, 2.24) is 0 Å². The fraction of sp³-hybridized carbons (Fsp3) is 0.273. The molecular weight excluding hydrogens is 178 g/mol. The van der Waals surface area contributed by atoms with E-state index in [1.807, 2.05) is 12.1 Å². The van der Waals surface area contributed by atoms with Gasteiger partial charge in [0.2, 0.25) is 0 Å². The van der Waals surface area contributed by atoms with Crippen LogP contribution in [-0.4, -0.2) is 5.11 Å². The SMILES string of the molecule is CC(C)(O)c1cc2cc(N)ccc2o1. The van der Waals surface area contributed by atoms with E-state index in [1.54, 1.807) is 26.0 Å². The summed E-state index contributed by atoms with van der Waals surface area (Å²) in [5.74, 6) is 0.554. The van der Waals surface area contributed by atoms with E-state index in [4.69, 9.17) is 10.2 Å². The van der Waals surface area contributed by atoms with Crippen LogP contribution in [0.3, 0.4) is 0 Å². The molecule has 3 nitrogen and oxygen atoms in total. The summed E-state index contributed by atoms with van der Waals surface area (Å²) in [6.45, 7) is 3.38. The molecule has 0 bridgehead atoms. The number of anilines is 1. The van der Waals surface area contributed by atoms with Gasteiger partial charge in [-0.1, -0.05) is 0 Å². The zero-order valence-corrected chi connectivity index (χ0v) is 8.24. The molecule has 0 saturated heterocycles. The van der Waals surface area contributed by atoms with Crippen molar-refractivity contribution in [2.24, 2.45) is 0 Å². The predicted octanol–water partition coefficient (Wildman–Crippen LogP) is 2.24. The molecule has 1 aromatic carbocycles. The van der Waals surface area contributed by atoms with Gasteiger partial charge in [0, 0.05) is 11.1 Å². The first-order chi connectivity index (χ1) is 6.47. The molecule has 0 fully saturated rings. The Balaban J connectivity index is 2.63. The molecule has 0 aliphatic heterocycles. The molecule has 3 N–H and O–H groups in total. The van der Waals surface area contributed by atoms with Crippen LogP contribution in [0.15, 0.2) is 28.7 Å². The monoisotopic (exact) mass is 191 g/mol. The molecule has 0 spiro atoms. The van der Waals surface area contributed by atoms with Crippen molar-refractivity contribution in [1.29, 1.82) is 0 Å². The Bertz CT molecular complexity index is 466. The van der Waals surface area contributed by atoms with Crippen molar-refractivity contribution in [3.8, 4) is 0 Å². The van der Waals surface area contributed by atoms with Gasteiger partial charge in [-0.25, -0.2) is 0 Å². The average Bonchev–Trinajstić information content (AvgIpc) is 2.45. The second-order valence-electron chi connectivity index (χ2n) is 3.97. The van der Waals surface area contributed by atoms with E-state index < -0.39 is 5.60 Å². The number of hydrogen-bond acceptors (Lipinski definition) is 3. The first-order valence-corrected chi connectivity index (χ1v) is 4.49. The average molecular weight is 191 g/mol. The molecule has 14 heavy (non-hydrogen) atoms. The van der Waals surface area contributed by atoms with Crippen molar-refractivity contribution >= 4 is 16.7 Å². The van der Waals surface area contributed by atoms with Crippen LogP contribution in [0.2, 0.25) is 0 Å². The van der Waals surface area contributed by atoms with Gasteiger partial charge in [-0.3, -0.25) is 0 Å². The highest BCUT2D eigenvalue weighted by atomic mass is 16.4. The van der Waals surface area contributed by atoms with E-state index in [1.165, 1.54) is 0 Å². The summed E-state index contributed by atoms with van der Waals surface area (Å²) in [5, 5.41) is 10.7. The molecule has 0 amide bonds. The van der Waals surface area contributed by atoms with Crippen LogP contribution in [0.25, 0.3) is 11.0 Å². The van der Waals surface area contributed by atoms with Crippen LogP contribution in [0.1, 0.15) is 19.6 Å². The van der Waals surface area contributed by atoms with Crippen LogP contribution < -0.4 is 5.73 Å². The lowest BCUT2D eigenvalue weighted by Gasteiger charge is -2.12. The van der Waals surface area contributed by atoms with Crippen molar-refractivity contribution in [3.63, 3.8) is 0 Å². The van der Waals surface area contributed by atoms with Crippen molar-refractivity contribution in [3.05, 3.63) is 30.0 Å². The number of nitrogens with two attached hydrogens (primary N) is 1. The summed E-state index contributed by atoms with van der Waals surface area (Å²) in [6.07, 6.45) is 0. The highest BCUT2D eigenvalue weighted by molar-refractivity contribution is 5.81. The Kier molecular flexibility index (Phi) is 1.79. The Hall–Kier alpha value is -1.48. The highest BCUT2D eigenvalue weighted by Crippen LogP contribution is 2.28. The molecule has 0 unspecified atom stereocenters. The lowest BCUT2D eigenvalue weighted by Crippen LogP contribution is -2.13. The second kappa shape index (κ2) is 2.75. The van der Waals surface area contributed by atoms with Gasteiger partial charge in [0.15, 0.2) is 0 Å². The van der Waals surface area contributed by atoms with Crippen molar-refractivity contribution < 1.29 is 9.52 Å². The third kappa shape index (κ3) is 1.46. The molecule has 74 valence electrons. The van der Waals surface area contributed by atoms with E-state index >= 15 is 0 Å². The number of benzene rings is 1. The molecule has 2 aromatic rings. The number of fused-ring (bicyclic) bond motifs is 1. The van der Waals surface area contributed by atoms with Gasteiger partial charge in [-0.2, -0.15) is 0 Å². The predicted molar refractivity (Wildman–Crippen MR) is 55.9 cm³/mol. The van der Waals surface area contributed by atoms with Gasteiger partial charge in [0.1, 0.15) is 16.9 Å². The maximum Gasteiger partial charge on any atom is 0.136 e. The Morgan fingerprint density at radius 2 is 2.00 bits per heavy atom. The fourth-order valence-electron chi connectivity index (χ4n) is 1.36. The lowest BCUT2D eigenvalue weighted by molar-refractivity contribution is 0.0559. The Labute approximate surface area is 82.1 Å². The molecule has 0 aliphatic carbocycles. The minimum atomic E-state index is -0.951. The van der Waals surface area contributed by atoms with Crippen LogP contribution in [-0.2, 0) is 5.60 Å². The zero-order chi connectivity index (χ0) is 10.3. The van der Waals surface area contributed by atoms with Gasteiger partial charge in [0.25, 0.3) is 0 Å². The summed E-state index contributed by atoms with van der Waals surface area (Å²) in [7, 11) is 0. The van der Waals surface area contributed by atoms with E-state index in [0.717, 1.165) is 11.0 Å². The molecule has 2 rings (SSSR count). The topological polar surface area (TPSA) is 59.4 Å². The van der Waals surface area contributed by atoms with Crippen LogP contribution >= 0.6 is 0 Å². The van der Waals surface area contributed by atoms with Crippen LogP contribution in [0.4, 0.5) is 5.69 Å². The third-order valence-electron chi connectivity index (χ3n) is 2.14. The number of nitrogen functional groups attached to an aromatic ring is 1. The van der Waals surface area contributed by atoms with Crippen LogP contribution in [0, 0.1) is 0 Å². The van der Waals surface area contributed by atoms with E-state index in [-0.39, 0.29) is 0 Å². The standard InChI is InChI=1S/C11H13NO2/c1-11(2,13)10-6-7-5-8(12)3-4-9(7)14-10/h3-6,13H,12H2,1-2H3. The minimum absolute atomic E-state index is 0.554. The first-order valence-electron chi connectivity index (χ1n) is 4.49. The first kappa shape index (κ1) is 9.09.